The summed E-state index contributed by atoms with van der Waals surface area (Å²) in [6.07, 6.45) is 4.84. The van der Waals surface area contributed by atoms with E-state index in [1.54, 1.807) is 0 Å². The normalized spacial score (nSPS) is 24.4. The van der Waals surface area contributed by atoms with E-state index >= 15 is 0 Å². The fourth-order valence-electron chi connectivity index (χ4n) is 2.81. The molecule has 0 aliphatic heterocycles. The summed E-state index contributed by atoms with van der Waals surface area (Å²) in [7, 11) is 0. The molecule has 2 N–H and O–H groups in total. The van der Waals surface area contributed by atoms with Gasteiger partial charge in [0.2, 0.25) is 0 Å². The first kappa shape index (κ1) is 15.3. The number of aryl methyl sites for hydroxylation is 1. The summed E-state index contributed by atoms with van der Waals surface area (Å²) in [6.45, 7) is 5.27. The quantitative estimate of drug-likeness (QED) is 0.837. The van der Waals surface area contributed by atoms with Crippen molar-refractivity contribution in [3.63, 3.8) is 0 Å². The van der Waals surface area contributed by atoms with Gasteiger partial charge in [0.25, 0.3) is 0 Å². The van der Waals surface area contributed by atoms with Crippen LogP contribution in [0.1, 0.15) is 38.2 Å². The van der Waals surface area contributed by atoms with Crippen molar-refractivity contribution in [3.8, 4) is 0 Å². The zero-order chi connectivity index (χ0) is 14.4. The van der Waals surface area contributed by atoms with Gasteiger partial charge < -0.3 is 15.2 Å². The van der Waals surface area contributed by atoms with Gasteiger partial charge in [-0.25, -0.2) is 0 Å². The lowest BCUT2D eigenvalue weighted by atomic mass is 9.88. The van der Waals surface area contributed by atoms with Crippen LogP contribution in [-0.4, -0.2) is 30.5 Å². The van der Waals surface area contributed by atoms with Gasteiger partial charge in [-0.05, 0) is 43.4 Å². The molecule has 20 heavy (non-hydrogen) atoms. The molecular formula is C17H27NO2. The van der Waals surface area contributed by atoms with Crippen LogP contribution in [-0.2, 0) is 4.74 Å². The second kappa shape index (κ2) is 7.65. The van der Waals surface area contributed by atoms with Gasteiger partial charge in [-0.1, -0.05) is 31.9 Å². The van der Waals surface area contributed by atoms with E-state index in [0.29, 0.717) is 25.2 Å². The van der Waals surface area contributed by atoms with Crippen LogP contribution in [0.5, 0.6) is 0 Å². The second-order valence-corrected chi connectivity index (χ2v) is 6.04. The molecule has 1 saturated carbocycles. The van der Waals surface area contributed by atoms with Crippen molar-refractivity contribution in [2.75, 3.05) is 18.5 Å². The largest absolute Gasteiger partial charge is 0.389 e. The van der Waals surface area contributed by atoms with Crippen molar-refractivity contribution in [3.05, 3.63) is 29.8 Å². The van der Waals surface area contributed by atoms with Crippen LogP contribution in [0.4, 0.5) is 5.69 Å². The number of aliphatic hydroxyl groups is 1. The molecule has 2 rings (SSSR count). The Labute approximate surface area is 122 Å². The Bertz CT molecular complexity index is 408. The van der Waals surface area contributed by atoms with E-state index < -0.39 is 6.10 Å². The predicted octanol–water partition coefficient (Wildman–Crippen LogP) is 3.36. The third-order valence-electron chi connectivity index (χ3n) is 4.10. The number of rotatable bonds is 6. The Hall–Kier alpha value is -1.06. The molecular weight excluding hydrogens is 250 g/mol. The molecule has 0 amide bonds. The third kappa shape index (κ3) is 4.80. The van der Waals surface area contributed by atoms with E-state index in [1.165, 1.54) is 24.8 Å². The lowest BCUT2D eigenvalue weighted by molar-refractivity contribution is -0.0424. The molecule has 1 fully saturated rings. The number of ether oxygens (including phenoxy) is 1. The summed E-state index contributed by atoms with van der Waals surface area (Å²) in [5.41, 5.74) is 2.27. The molecule has 112 valence electrons. The Balaban J connectivity index is 1.68. The molecule has 0 saturated heterocycles. The van der Waals surface area contributed by atoms with Crippen molar-refractivity contribution < 1.29 is 9.84 Å². The number of aliphatic hydroxyl groups excluding tert-OH is 1. The minimum atomic E-state index is -0.454. The Kier molecular flexibility index (Phi) is 5.86. The number of hydrogen-bond acceptors (Lipinski definition) is 3. The lowest BCUT2D eigenvalue weighted by Gasteiger charge is -2.29. The summed E-state index contributed by atoms with van der Waals surface area (Å²) < 4.78 is 5.88. The van der Waals surface area contributed by atoms with Crippen LogP contribution in [0.25, 0.3) is 0 Å². The smallest absolute Gasteiger partial charge is 0.0945 e. The summed E-state index contributed by atoms with van der Waals surface area (Å²) >= 11 is 0. The number of nitrogens with one attached hydrogen (secondary N) is 1. The highest BCUT2D eigenvalue weighted by molar-refractivity contribution is 5.45. The highest BCUT2D eigenvalue weighted by Gasteiger charge is 2.22. The Morgan fingerprint density at radius 2 is 2.15 bits per heavy atom. The lowest BCUT2D eigenvalue weighted by Crippen LogP contribution is -2.32. The van der Waals surface area contributed by atoms with Crippen molar-refractivity contribution in [2.45, 2.75) is 51.7 Å². The third-order valence-corrected chi connectivity index (χ3v) is 4.10. The molecule has 3 unspecified atom stereocenters. The molecule has 0 radical (unpaired) electrons. The minimum Gasteiger partial charge on any atom is -0.389 e. The first-order chi connectivity index (χ1) is 9.65. The van der Waals surface area contributed by atoms with Gasteiger partial charge in [-0.2, -0.15) is 0 Å². The summed E-state index contributed by atoms with van der Waals surface area (Å²) in [4.78, 5) is 0. The molecule has 3 nitrogen and oxygen atoms in total. The first-order valence-electron chi connectivity index (χ1n) is 7.75. The van der Waals surface area contributed by atoms with Crippen LogP contribution in [0.15, 0.2) is 24.3 Å². The second-order valence-electron chi connectivity index (χ2n) is 6.04. The fraction of sp³-hybridized carbons (Fsp3) is 0.647. The average Bonchev–Trinajstić information content (AvgIpc) is 2.44. The zero-order valence-corrected chi connectivity index (χ0v) is 12.6. The van der Waals surface area contributed by atoms with Gasteiger partial charge in [-0.3, -0.25) is 0 Å². The van der Waals surface area contributed by atoms with Crippen LogP contribution >= 0.6 is 0 Å². The SMILES string of the molecule is Cc1cccc(NCC(O)COC2CCCCC2C)c1. The summed E-state index contributed by atoms with van der Waals surface area (Å²) in [6, 6.07) is 8.18. The van der Waals surface area contributed by atoms with Crippen LogP contribution in [0.3, 0.4) is 0 Å². The van der Waals surface area contributed by atoms with Crippen LogP contribution < -0.4 is 5.32 Å². The topological polar surface area (TPSA) is 41.5 Å². The predicted molar refractivity (Wildman–Crippen MR) is 83.0 cm³/mol. The first-order valence-corrected chi connectivity index (χ1v) is 7.75. The highest BCUT2D eigenvalue weighted by Crippen LogP contribution is 2.26. The Morgan fingerprint density at radius 1 is 1.35 bits per heavy atom. The van der Waals surface area contributed by atoms with Crippen molar-refractivity contribution in [2.24, 2.45) is 5.92 Å². The van der Waals surface area contributed by atoms with E-state index in [4.69, 9.17) is 4.74 Å². The fourth-order valence-corrected chi connectivity index (χ4v) is 2.81. The molecule has 0 heterocycles. The minimum absolute atomic E-state index is 0.331. The molecule has 0 spiro atoms. The molecule has 1 aromatic carbocycles. The zero-order valence-electron chi connectivity index (χ0n) is 12.6. The van der Waals surface area contributed by atoms with Gasteiger partial charge in [0.1, 0.15) is 0 Å². The van der Waals surface area contributed by atoms with Crippen molar-refractivity contribution >= 4 is 5.69 Å². The molecule has 1 aromatic rings. The van der Waals surface area contributed by atoms with Crippen LogP contribution in [0.2, 0.25) is 0 Å². The van der Waals surface area contributed by atoms with E-state index in [-0.39, 0.29) is 0 Å². The van der Waals surface area contributed by atoms with Gasteiger partial charge in [0.05, 0.1) is 18.8 Å². The number of benzene rings is 1. The van der Waals surface area contributed by atoms with Crippen molar-refractivity contribution in [1.82, 2.24) is 0 Å². The van der Waals surface area contributed by atoms with Crippen molar-refractivity contribution in [1.29, 1.82) is 0 Å². The van der Waals surface area contributed by atoms with Crippen LogP contribution in [0, 0.1) is 12.8 Å². The average molecular weight is 277 g/mol. The van der Waals surface area contributed by atoms with E-state index in [9.17, 15) is 5.11 Å². The molecule has 3 heteroatoms. The molecule has 0 bridgehead atoms. The summed E-state index contributed by atoms with van der Waals surface area (Å²) in [5.74, 6) is 0.626. The van der Waals surface area contributed by atoms with Gasteiger partial charge >= 0.3 is 0 Å². The van der Waals surface area contributed by atoms with Gasteiger partial charge in [-0.15, -0.1) is 0 Å². The summed E-state index contributed by atoms with van der Waals surface area (Å²) in [5, 5.41) is 13.3. The van der Waals surface area contributed by atoms with E-state index in [2.05, 4.69) is 31.3 Å². The number of hydrogen-bond donors (Lipinski definition) is 2. The monoisotopic (exact) mass is 277 g/mol. The highest BCUT2D eigenvalue weighted by atomic mass is 16.5. The van der Waals surface area contributed by atoms with E-state index in [1.807, 2.05) is 12.1 Å². The molecule has 0 aromatic heterocycles. The molecule has 1 aliphatic carbocycles. The van der Waals surface area contributed by atoms with Gasteiger partial charge in [0.15, 0.2) is 0 Å². The molecule has 3 atom stereocenters. The maximum atomic E-state index is 10.0. The Morgan fingerprint density at radius 3 is 2.90 bits per heavy atom. The maximum Gasteiger partial charge on any atom is 0.0945 e. The van der Waals surface area contributed by atoms with E-state index in [0.717, 1.165) is 12.1 Å². The maximum absolute atomic E-state index is 10.0. The molecule has 1 aliphatic rings. The number of anilines is 1. The van der Waals surface area contributed by atoms with Gasteiger partial charge in [0, 0.05) is 12.2 Å². The standard InChI is InChI=1S/C17H27NO2/c1-13-6-5-8-15(10-13)18-11-16(19)12-20-17-9-4-3-7-14(17)2/h5-6,8,10,14,16-19H,3-4,7,9,11-12H2,1-2H3.